The van der Waals surface area contributed by atoms with E-state index in [0.29, 0.717) is 6.61 Å². The zero-order chi connectivity index (χ0) is 16.1. The molecule has 3 aromatic rings. The predicted molar refractivity (Wildman–Crippen MR) is 91.7 cm³/mol. The second-order valence-corrected chi connectivity index (χ2v) is 5.09. The number of para-hydroxylation sites is 2. The first-order valence-electron chi connectivity index (χ1n) is 7.62. The molecule has 4 nitrogen and oxygen atoms in total. The number of aromatic nitrogens is 2. The Kier molecular flexibility index (Phi) is 4.52. The summed E-state index contributed by atoms with van der Waals surface area (Å²) in [6, 6.07) is 17.8. The molecule has 0 amide bonds. The lowest BCUT2D eigenvalue weighted by atomic mass is 10.2. The van der Waals surface area contributed by atoms with Crippen LogP contribution in [0.4, 0.5) is 0 Å². The third-order valence-electron chi connectivity index (χ3n) is 3.50. The van der Waals surface area contributed by atoms with Crippen LogP contribution in [0.1, 0.15) is 18.3 Å². The van der Waals surface area contributed by atoms with E-state index in [2.05, 4.69) is 4.98 Å². The average Bonchev–Trinajstić information content (AvgIpc) is 2.92. The van der Waals surface area contributed by atoms with E-state index in [9.17, 15) is 4.79 Å². The third kappa shape index (κ3) is 3.48. The number of fused-ring (bicyclic) bond motifs is 1. The molecule has 0 aliphatic carbocycles. The van der Waals surface area contributed by atoms with E-state index < -0.39 is 0 Å². The Morgan fingerprint density at radius 3 is 2.61 bits per heavy atom. The monoisotopic (exact) mass is 306 g/mol. The molecule has 23 heavy (non-hydrogen) atoms. The van der Waals surface area contributed by atoms with Gasteiger partial charge in [-0.1, -0.05) is 48.5 Å². The molecular formula is C19H18N2O2. The molecule has 3 rings (SSSR count). The van der Waals surface area contributed by atoms with E-state index >= 15 is 0 Å². The van der Waals surface area contributed by atoms with E-state index in [0.717, 1.165) is 22.4 Å². The number of rotatable bonds is 5. The summed E-state index contributed by atoms with van der Waals surface area (Å²) < 4.78 is 6.95. The van der Waals surface area contributed by atoms with Crippen LogP contribution in [0, 0.1) is 0 Å². The average molecular weight is 306 g/mol. The Labute approximate surface area is 135 Å². The molecule has 0 fully saturated rings. The van der Waals surface area contributed by atoms with E-state index in [1.807, 2.05) is 71.3 Å². The fraction of sp³-hybridized carbons (Fsp3) is 0.158. The van der Waals surface area contributed by atoms with Gasteiger partial charge in [0.15, 0.2) is 0 Å². The maximum atomic E-state index is 11.9. The minimum Gasteiger partial charge on any atom is -0.465 e. The van der Waals surface area contributed by atoms with Crippen molar-refractivity contribution in [1.82, 2.24) is 9.55 Å². The first-order chi connectivity index (χ1) is 11.3. The van der Waals surface area contributed by atoms with Crippen LogP contribution < -0.4 is 0 Å². The Balaban J connectivity index is 1.98. The van der Waals surface area contributed by atoms with Crippen molar-refractivity contribution in [3.8, 4) is 0 Å². The molecule has 1 heterocycles. The topological polar surface area (TPSA) is 44.1 Å². The lowest BCUT2D eigenvalue weighted by Crippen LogP contribution is -2.14. The van der Waals surface area contributed by atoms with E-state index in [4.69, 9.17) is 4.74 Å². The highest BCUT2D eigenvalue weighted by molar-refractivity contribution is 5.82. The Morgan fingerprint density at radius 2 is 1.83 bits per heavy atom. The van der Waals surface area contributed by atoms with Gasteiger partial charge in [0.25, 0.3) is 0 Å². The molecule has 0 bridgehead atoms. The van der Waals surface area contributed by atoms with Crippen molar-refractivity contribution >= 4 is 29.2 Å². The highest BCUT2D eigenvalue weighted by Crippen LogP contribution is 2.18. The number of hydrogen-bond donors (Lipinski definition) is 0. The molecule has 0 unspecified atom stereocenters. The van der Waals surface area contributed by atoms with Gasteiger partial charge in [0.05, 0.1) is 17.6 Å². The molecule has 0 N–H and O–H groups in total. The van der Waals surface area contributed by atoms with Crippen LogP contribution in [-0.4, -0.2) is 22.1 Å². The van der Waals surface area contributed by atoms with Crippen molar-refractivity contribution < 1.29 is 9.53 Å². The minimum atomic E-state index is -0.259. The van der Waals surface area contributed by atoms with Crippen molar-refractivity contribution in [3.63, 3.8) is 0 Å². The summed E-state index contributed by atoms with van der Waals surface area (Å²) in [5.41, 5.74) is 2.88. The van der Waals surface area contributed by atoms with Crippen LogP contribution in [0.2, 0.25) is 0 Å². The lowest BCUT2D eigenvalue weighted by molar-refractivity contribution is -0.143. The molecule has 0 spiro atoms. The number of ether oxygens (including phenoxy) is 1. The summed E-state index contributed by atoms with van der Waals surface area (Å²) in [6.45, 7) is 2.34. The van der Waals surface area contributed by atoms with Crippen molar-refractivity contribution in [2.45, 2.75) is 13.5 Å². The zero-order valence-electron chi connectivity index (χ0n) is 13.0. The van der Waals surface area contributed by atoms with Crippen molar-refractivity contribution in [2.75, 3.05) is 6.61 Å². The number of nitrogens with zero attached hydrogens (tertiary/aromatic N) is 2. The Hall–Kier alpha value is -2.88. The fourth-order valence-electron chi connectivity index (χ4n) is 2.46. The molecule has 0 radical (unpaired) electrons. The van der Waals surface area contributed by atoms with Gasteiger partial charge in [0.2, 0.25) is 0 Å². The van der Waals surface area contributed by atoms with Gasteiger partial charge in [0, 0.05) is 0 Å². The van der Waals surface area contributed by atoms with Crippen molar-refractivity contribution in [3.05, 3.63) is 66.0 Å². The number of benzene rings is 2. The molecule has 0 saturated carbocycles. The lowest BCUT2D eigenvalue weighted by Gasteiger charge is -2.06. The van der Waals surface area contributed by atoms with E-state index in [-0.39, 0.29) is 12.5 Å². The van der Waals surface area contributed by atoms with Gasteiger partial charge in [-0.05, 0) is 30.7 Å². The predicted octanol–water partition coefficient (Wildman–Crippen LogP) is 3.77. The van der Waals surface area contributed by atoms with Gasteiger partial charge in [0.1, 0.15) is 12.4 Å². The largest absolute Gasteiger partial charge is 0.465 e. The summed E-state index contributed by atoms with van der Waals surface area (Å²) in [7, 11) is 0. The number of carbonyl (C=O) groups is 1. The third-order valence-corrected chi connectivity index (χ3v) is 3.50. The first-order valence-corrected chi connectivity index (χ1v) is 7.62. The van der Waals surface area contributed by atoms with Gasteiger partial charge >= 0.3 is 5.97 Å². The Morgan fingerprint density at radius 1 is 1.09 bits per heavy atom. The molecule has 2 aromatic carbocycles. The van der Waals surface area contributed by atoms with Crippen LogP contribution in [0.3, 0.4) is 0 Å². The van der Waals surface area contributed by atoms with Gasteiger partial charge in [-0.25, -0.2) is 4.98 Å². The van der Waals surface area contributed by atoms with Gasteiger partial charge in [-0.15, -0.1) is 0 Å². The number of esters is 1. The molecule has 1 aromatic heterocycles. The number of carbonyl (C=O) groups excluding carboxylic acids is 1. The summed E-state index contributed by atoms with van der Waals surface area (Å²) in [5.74, 6) is 0.480. The van der Waals surface area contributed by atoms with Crippen molar-refractivity contribution in [1.29, 1.82) is 0 Å². The molecule has 116 valence electrons. The van der Waals surface area contributed by atoms with Crippen LogP contribution in [-0.2, 0) is 16.1 Å². The summed E-state index contributed by atoms with van der Waals surface area (Å²) in [6.07, 6.45) is 3.91. The standard InChI is InChI=1S/C19H18N2O2/c1-2-23-19(22)14-21-17-11-7-6-10-16(17)20-18(21)13-12-15-8-4-3-5-9-15/h3-13H,2,14H2,1H3. The summed E-state index contributed by atoms with van der Waals surface area (Å²) >= 11 is 0. The van der Waals surface area contributed by atoms with Crippen molar-refractivity contribution in [2.24, 2.45) is 0 Å². The second kappa shape index (κ2) is 6.92. The molecular weight excluding hydrogens is 288 g/mol. The molecule has 0 aliphatic rings. The van der Waals surface area contributed by atoms with Crippen LogP contribution in [0.15, 0.2) is 54.6 Å². The van der Waals surface area contributed by atoms with Gasteiger partial charge in [-0.2, -0.15) is 0 Å². The van der Waals surface area contributed by atoms with E-state index in [1.54, 1.807) is 6.92 Å². The maximum Gasteiger partial charge on any atom is 0.326 e. The SMILES string of the molecule is CCOC(=O)Cn1c(C=Cc2ccccc2)nc2ccccc21. The quantitative estimate of drug-likeness (QED) is 0.674. The minimum absolute atomic E-state index is 0.156. The summed E-state index contributed by atoms with van der Waals surface area (Å²) in [5, 5.41) is 0. The smallest absolute Gasteiger partial charge is 0.326 e. The zero-order valence-corrected chi connectivity index (χ0v) is 13.0. The maximum absolute atomic E-state index is 11.9. The number of imidazole rings is 1. The summed E-state index contributed by atoms with van der Waals surface area (Å²) in [4.78, 5) is 16.5. The normalized spacial score (nSPS) is 11.2. The Bertz CT molecular complexity index is 835. The van der Waals surface area contributed by atoms with Gasteiger partial charge in [-0.3, -0.25) is 4.79 Å². The van der Waals surface area contributed by atoms with Crippen LogP contribution in [0.5, 0.6) is 0 Å². The second-order valence-electron chi connectivity index (χ2n) is 5.09. The van der Waals surface area contributed by atoms with Crippen LogP contribution in [0.25, 0.3) is 23.2 Å². The molecule has 0 aliphatic heterocycles. The highest BCUT2D eigenvalue weighted by Gasteiger charge is 2.12. The van der Waals surface area contributed by atoms with E-state index in [1.165, 1.54) is 0 Å². The molecule has 0 saturated heterocycles. The molecule has 4 heteroatoms. The fourth-order valence-corrected chi connectivity index (χ4v) is 2.46. The van der Waals surface area contributed by atoms with Gasteiger partial charge < -0.3 is 9.30 Å². The highest BCUT2D eigenvalue weighted by atomic mass is 16.5. The first kappa shape index (κ1) is 15.0. The molecule has 0 atom stereocenters. The number of hydrogen-bond acceptors (Lipinski definition) is 3. The van der Waals surface area contributed by atoms with Crippen LogP contribution >= 0.6 is 0 Å².